The fourth-order valence-corrected chi connectivity index (χ4v) is 6.45. The maximum atomic E-state index is 14.1. The molecule has 44 heavy (non-hydrogen) atoms. The molecule has 0 amide bonds. The van der Waals surface area contributed by atoms with E-state index in [2.05, 4.69) is 13.8 Å². The molecule has 1 atom stereocenters. The van der Waals surface area contributed by atoms with E-state index in [9.17, 15) is 9.59 Å². The van der Waals surface area contributed by atoms with Crippen molar-refractivity contribution in [3.05, 3.63) is 74.6 Å². The highest BCUT2D eigenvalue weighted by Gasteiger charge is 2.38. The van der Waals surface area contributed by atoms with E-state index in [1.165, 1.54) is 4.57 Å². The number of hydrogen-bond acceptors (Lipinski definition) is 7. The summed E-state index contributed by atoms with van der Waals surface area (Å²) in [5, 5.41) is 0. The summed E-state index contributed by atoms with van der Waals surface area (Å²) >= 11 is 0. The minimum absolute atomic E-state index is 0.170. The molecule has 0 bridgehead atoms. The Kier molecular flexibility index (Phi) is 8.73. The second kappa shape index (κ2) is 12.7. The molecule has 1 aromatic carbocycles. The summed E-state index contributed by atoms with van der Waals surface area (Å²) in [6.07, 6.45) is 5.49. The van der Waals surface area contributed by atoms with E-state index in [4.69, 9.17) is 24.2 Å². The Morgan fingerprint density at radius 3 is 2.48 bits per heavy atom. The van der Waals surface area contributed by atoms with E-state index in [1.54, 1.807) is 4.57 Å². The Morgan fingerprint density at radius 2 is 1.80 bits per heavy atom. The van der Waals surface area contributed by atoms with Gasteiger partial charge in [0.15, 0.2) is 17.5 Å². The lowest BCUT2D eigenvalue weighted by Gasteiger charge is -2.41. The Bertz CT molecular complexity index is 1730. The lowest BCUT2D eigenvalue weighted by Crippen LogP contribution is -2.40. The van der Waals surface area contributed by atoms with Crippen LogP contribution in [0.15, 0.2) is 52.1 Å². The van der Waals surface area contributed by atoms with Gasteiger partial charge in [-0.25, -0.2) is 14.8 Å². The van der Waals surface area contributed by atoms with Gasteiger partial charge in [-0.2, -0.15) is 0 Å². The van der Waals surface area contributed by atoms with Crippen molar-refractivity contribution < 1.29 is 14.2 Å². The molecule has 4 heterocycles. The summed E-state index contributed by atoms with van der Waals surface area (Å²) in [5.74, 6) is 1.19. The summed E-state index contributed by atoms with van der Waals surface area (Å²) < 4.78 is 22.5. The highest BCUT2D eigenvalue weighted by Crippen LogP contribution is 2.42. The third-order valence-electron chi connectivity index (χ3n) is 8.73. The average molecular weight is 602 g/mol. The van der Waals surface area contributed by atoms with Gasteiger partial charge in [0.05, 0.1) is 12.3 Å². The molecule has 2 fully saturated rings. The van der Waals surface area contributed by atoms with E-state index < -0.39 is 0 Å². The van der Waals surface area contributed by atoms with Crippen molar-refractivity contribution in [2.45, 2.75) is 98.2 Å². The predicted molar refractivity (Wildman–Crippen MR) is 169 cm³/mol. The van der Waals surface area contributed by atoms with E-state index in [0.717, 1.165) is 48.9 Å². The van der Waals surface area contributed by atoms with Gasteiger partial charge in [-0.05, 0) is 69.4 Å². The molecule has 1 saturated heterocycles. The summed E-state index contributed by atoms with van der Waals surface area (Å²) in [6.45, 7) is 10.5. The molecule has 10 nitrogen and oxygen atoms in total. The van der Waals surface area contributed by atoms with Gasteiger partial charge >= 0.3 is 5.69 Å². The normalized spacial score (nSPS) is 18.4. The summed E-state index contributed by atoms with van der Waals surface area (Å²) in [5.41, 5.74) is 2.94. The van der Waals surface area contributed by atoms with Crippen LogP contribution in [0.3, 0.4) is 0 Å². The lowest BCUT2D eigenvalue weighted by molar-refractivity contribution is -0.163. The van der Waals surface area contributed by atoms with Gasteiger partial charge in [-0.3, -0.25) is 13.9 Å². The first-order valence-corrected chi connectivity index (χ1v) is 15.9. The highest BCUT2D eigenvalue weighted by molar-refractivity contribution is 5.78. The van der Waals surface area contributed by atoms with Gasteiger partial charge in [0, 0.05) is 37.9 Å². The average Bonchev–Trinajstić information content (AvgIpc) is 3.35. The van der Waals surface area contributed by atoms with Gasteiger partial charge in [0.1, 0.15) is 11.9 Å². The molecule has 1 saturated carbocycles. The molecular formula is C34H43N5O5. The smallest absolute Gasteiger partial charge is 0.332 e. The van der Waals surface area contributed by atoms with Crippen LogP contribution in [0.25, 0.3) is 22.6 Å². The van der Waals surface area contributed by atoms with Crippen LogP contribution in [-0.4, -0.2) is 49.3 Å². The zero-order valence-corrected chi connectivity index (χ0v) is 26.3. The number of hydrogen-bond donors (Lipinski definition) is 0. The molecule has 234 valence electrons. The zero-order chi connectivity index (χ0) is 30.8. The highest BCUT2D eigenvalue weighted by atomic mass is 16.7. The Labute approximate surface area is 257 Å². The third kappa shape index (κ3) is 6.23. The number of rotatable bonds is 11. The standard InChI is InChI=1S/C34H43N5O5/c1-5-37-31-29(32(40)38(33(37)41)17-11-19-43-28-14-9-10-18-42-28)39(22-24-12-7-6-8-13-24)30(36-31)26-15-16-27(35-23(26)2)44-25-20-34(3,4)21-25/h6-8,12-13,15-16,25,28H,5,9-11,14,17-22H2,1-4H3. The predicted octanol–water partition coefficient (Wildman–Crippen LogP) is 5.30. The van der Waals surface area contributed by atoms with Gasteiger partial charge < -0.3 is 18.8 Å². The quantitative estimate of drug-likeness (QED) is 0.215. The monoisotopic (exact) mass is 601 g/mol. The van der Waals surface area contributed by atoms with Crippen molar-refractivity contribution in [3.8, 4) is 17.3 Å². The molecule has 0 N–H and O–H groups in total. The zero-order valence-electron chi connectivity index (χ0n) is 26.3. The van der Waals surface area contributed by atoms with Gasteiger partial charge in [-0.1, -0.05) is 44.2 Å². The van der Waals surface area contributed by atoms with E-state index in [1.807, 2.05) is 60.9 Å². The van der Waals surface area contributed by atoms with E-state index >= 15 is 0 Å². The van der Waals surface area contributed by atoms with Gasteiger partial charge in [0.2, 0.25) is 5.88 Å². The van der Waals surface area contributed by atoms with Gasteiger partial charge in [0.25, 0.3) is 5.56 Å². The van der Waals surface area contributed by atoms with Crippen molar-refractivity contribution in [1.29, 1.82) is 0 Å². The fraction of sp³-hybridized carbons (Fsp3) is 0.529. The molecule has 4 aromatic rings. The fourth-order valence-electron chi connectivity index (χ4n) is 6.45. The molecule has 1 aliphatic carbocycles. The van der Waals surface area contributed by atoms with Crippen molar-refractivity contribution in [2.75, 3.05) is 13.2 Å². The number of fused-ring (bicyclic) bond motifs is 1. The van der Waals surface area contributed by atoms with Crippen LogP contribution in [0.1, 0.15) is 70.6 Å². The molecule has 0 spiro atoms. The van der Waals surface area contributed by atoms with Crippen molar-refractivity contribution in [2.24, 2.45) is 5.41 Å². The summed E-state index contributed by atoms with van der Waals surface area (Å²) in [4.78, 5) is 37.5. The van der Waals surface area contributed by atoms with Crippen LogP contribution in [0.5, 0.6) is 5.88 Å². The first-order chi connectivity index (χ1) is 21.2. The maximum absolute atomic E-state index is 14.1. The van der Waals surface area contributed by atoms with E-state index in [0.29, 0.717) is 61.0 Å². The largest absolute Gasteiger partial charge is 0.474 e. The van der Waals surface area contributed by atoms with Crippen LogP contribution in [0.2, 0.25) is 0 Å². The van der Waals surface area contributed by atoms with E-state index in [-0.39, 0.29) is 30.2 Å². The number of imidazole rings is 1. The number of aryl methyl sites for hydroxylation is 2. The maximum Gasteiger partial charge on any atom is 0.332 e. The van der Waals surface area contributed by atoms with Gasteiger partial charge in [-0.15, -0.1) is 0 Å². The molecule has 3 aromatic heterocycles. The second-order valence-electron chi connectivity index (χ2n) is 12.8. The first-order valence-electron chi connectivity index (χ1n) is 15.9. The Balaban J connectivity index is 1.37. The number of aromatic nitrogens is 5. The molecule has 6 rings (SSSR count). The van der Waals surface area contributed by atoms with Crippen LogP contribution >= 0.6 is 0 Å². The second-order valence-corrected chi connectivity index (χ2v) is 12.8. The van der Waals surface area contributed by atoms with Crippen molar-refractivity contribution >= 4 is 11.2 Å². The summed E-state index contributed by atoms with van der Waals surface area (Å²) in [7, 11) is 0. The molecule has 1 aliphatic heterocycles. The van der Waals surface area contributed by atoms with Crippen LogP contribution < -0.4 is 16.0 Å². The number of ether oxygens (including phenoxy) is 3. The van der Waals surface area contributed by atoms with Crippen molar-refractivity contribution in [3.63, 3.8) is 0 Å². The molecular weight excluding hydrogens is 558 g/mol. The molecule has 1 unspecified atom stereocenters. The number of benzene rings is 1. The molecule has 10 heteroatoms. The van der Waals surface area contributed by atoms with Crippen LogP contribution in [0.4, 0.5) is 0 Å². The Morgan fingerprint density at radius 1 is 1.00 bits per heavy atom. The minimum atomic E-state index is -0.364. The lowest BCUT2D eigenvalue weighted by atomic mass is 9.70. The third-order valence-corrected chi connectivity index (χ3v) is 8.73. The number of pyridine rings is 1. The SMILES string of the molecule is CCn1c(=O)n(CCCOC2CCCCO2)c(=O)c2c1nc(-c1ccc(OC3CC(C)(C)C3)nc1C)n2Cc1ccccc1. The first kappa shape index (κ1) is 30.3. The number of nitrogens with zero attached hydrogens (tertiary/aromatic N) is 5. The molecule has 2 aliphatic rings. The van der Waals surface area contributed by atoms with Crippen molar-refractivity contribution in [1.82, 2.24) is 23.7 Å². The van der Waals surface area contributed by atoms with Crippen LogP contribution in [0, 0.1) is 12.3 Å². The Hall–Kier alpha value is -3.76. The van der Waals surface area contributed by atoms with Crippen LogP contribution in [-0.2, 0) is 29.1 Å². The summed E-state index contributed by atoms with van der Waals surface area (Å²) in [6, 6.07) is 13.8. The topological polar surface area (TPSA) is 102 Å². The molecule has 0 radical (unpaired) electrons. The minimum Gasteiger partial charge on any atom is -0.474 e.